The van der Waals surface area contributed by atoms with Crippen molar-refractivity contribution in [1.29, 1.82) is 0 Å². The predicted octanol–water partition coefficient (Wildman–Crippen LogP) is 27.1. The predicted molar refractivity (Wildman–Crippen MR) is 463 cm³/mol. The molecule has 660 valence electrons. The normalized spacial score (nSPS) is 33.4. The van der Waals surface area contributed by atoms with E-state index in [-0.39, 0.29) is 204 Å². The molecule has 0 aliphatic heterocycles. The second-order valence-corrected chi connectivity index (χ2v) is 39.1. The van der Waals surface area contributed by atoms with E-state index < -0.39 is 29.7 Å². The van der Waals surface area contributed by atoms with Crippen LogP contribution in [-0.4, -0.2) is 92.8 Å². The Morgan fingerprint density at radius 3 is 0.918 bits per heavy atom. The molecule has 21 atom stereocenters. The standard InChI is InChI=1S/C18H32O3.3C17H30O3.C16H28O3.10CH4/c1-8-16(3,4)15(19)21-12(2)20-14-17(5,6)13-9-10-18(14,7)11-13;1-7-15(2,3)14(18)20-11-19-13-10-12-8-9-17(13,6)16(12,4)5;1-7-11(2)14(18)19-12(3)20-15-16(4,5)13-8-9-17(15,6)10-13;1-7-11(2)15(18)20-12(3)19-14-10-13-8-9-17(14,6)16(13,4)5;1-6-11(2)14(17)19-10-18-13-9-12-7-8-16(13,5)15(12,3)4;;;;;;;;;;/h12-14H,8-11H2,1-7H3;12-13H,7-11H2,1-6H3;11-13,15H,7-10H2,1-6H3;11-14H,7-10H2,1-6H3;11-13H,6-10H2,1-5H3;10*1H4. The average Bonchev–Trinajstić information content (AvgIpc) is 1.59. The fraction of sp³-hybridized carbons (Fsp3) is 0.947. The number of hydrogen-bond donors (Lipinski definition) is 0. The number of carbonyl (C=O) groups is 5. The minimum absolute atomic E-state index is 0. The Morgan fingerprint density at radius 2 is 0.636 bits per heavy atom. The maximum absolute atomic E-state index is 12.2. The van der Waals surface area contributed by atoms with Gasteiger partial charge in [0.25, 0.3) is 0 Å². The SMILES string of the molecule is C.C.C.C.C.C.C.C.C.C.CCC(C)(C)C(=O)OC(C)OC1C2(C)CCC(C2)C1(C)C.CCC(C)(C)C(=O)OCOC1CC2CCC1(C)C2(C)C.CCC(C)C(=O)OC(C)OC1C2(C)CCC(C2)C1(C)C.CCC(C)C(=O)OC(C)OC1CC2CCC1(C)C2(C)C.CCC(C)C(=O)OCOC1CC2CCC1(C)C2(C)C. The molecule has 0 N–H and O–H groups in total. The quantitative estimate of drug-likeness (QED) is 0.0479. The van der Waals surface area contributed by atoms with Crippen LogP contribution in [0, 0.1) is 112 Å². The number of carbonyl (C=O) groups excluding carboxylic acids is 5. The van der Waals surface area contributed by atoms with E-state index in [1.165, 1.54) is 77.0 Å². The molecule has 0 heterocycles. The highest BCUT2D eigenvalue weighted by Crippen LogP contribution is 2.70. The summed E-state index contributed by atoms with van der Waals surface area (Å²) in [5.41, 5.74) is 1.70. The first-order chi connectivity index (χ1) is 45.9. The van der Waals surface area contributed by atoms with Crippen molar-refractivity contribution in [3.8, 4) is 0 Å². The van der Waals surface area contributed by atoms with E-state index in [0.717, 1.165) is 81.0 Å². The Balaban J connectivity index is -0.000000408. The van der Waals surface area contributed by atoms with Crippen molar-refractivity contribution in [3.05, 3.63) is 0 Å². The molecule has 21 unspecified atom stereocenters. The van der Waals surface area contributed by atoms with Gasteiger partial charge in [0.2, 0.25) is 0 Å². The molecule has 110 heavy (non-hydrogen) atoms. The number of ether oxygens (including phenoxy) is 10. The summed E-state index contributed by atoms with van der Waals surface area (Å²) >= 11 is 0. The Morgan fingerprint density at radius 1 is 0.355 bits per heavy atom. The van der Waals surface area contributed by atoms with Gasteiger partial charge in [-0.1, -0.05) is 234 Å². The summed E-state index contributed by atoms with van der Waals surface area (Å²) in [6.45, 7) is 64.2. The Kier molecular flexibility index (Phi) is 45.8. The lowest BCUT2D eigenvalue weighted by atomic mass is 9.70. The topological polar surface area (TPSA) is 178 Å². The van der Waals surface area contributed by atoms with Crippen molar-refractivity contribution >= 4 is 29.8 Å². The summed E-state index contributed by atoms with van der Waals surface area (Å²) in [6.07, 6.45) is 22.2. The van der Waals surface area contributed by atoms with Crippen LogP contribution in [-0.2, 0) is 71.3 Å². The smallest absolute Gasteiger partial charge is 0.313 e. The molecule has 10 fully saturated rings. The Hall–Kier alpha value is -2.85. The minimum Gasteiger partial charge on any atom is -0.438 e. The van der Waals surface area contributed by atoms with Gasteiger partial charge in [0, 0.05) is 0 Å². The van der Waals surface area contributed by atoms with Crippen molar-refractivity contribution < 1.29 is 71.3 Å². The summed E-state index contributed by atoms with van der Waals surface area (Å²) in [5.74, 6) is 2.85. The second-order valence-electron chi connectivity index (χ2n) is 39.1. The first-order valence-corrected chi connectivity index (χ1v) is 40.1. The van der Waals surface area contributed by atoms with Crippen molar-refractivity contribution in [3.63, 3.8) is 0 Å². The molecule has 10 aliphatic rings. The minimum atomic E-state index is -0.469. The summed E-state index contributed by atoms with van der Waals surface area (Å²) < 4.78 is 57.3. The summed E-state index contributed by atoms with van der Waals surface area (Å²) in [4.78, 5) is 59.4. The van der Waals surface area contributed by atoms with Crippen LogP contribution in [0.1, 0.15) is 410 Å². The van der Waals surface area contributed by atoms with Gasteiger partial charge in [-0.2, -0.15) is 0 Å². The molecular formula is C95H190O15. The van der Waals surface area contributed by atoms with Gasteiger partial charge < -0.3 is 47.4 Å². The van der Waals surface area contributed by atoms with Crippen molar-refractivity contribution in [1.82, 2.24) is 0 Å². The van der Waals surface area contributed by atoms with Crippen molar-refractivity contribution in [2.24, 2.45) is 112 Å². The number of esters is 5. The largest absolute Gasteiger partial charge is 0.438 e. The molecule has 0 radical (unpaired) electrons. The highest BCUT2D eigenvalue weighted by molar-refractivity contribution is 5.76. The van der Waals surface area contributed by atoms with Crippen LogP contribution in [0.3, 0.4) is 0 Å². The molecule has 10 bridgehead atoms. The van der Waals surface area contributed by atoms with Crippen LogP contribution in [0.25, 0.3) is 0 Å². The highest BCUT2D eigenvalue weighted by Gasteiger charge is 2.66. The van der Waals surface area contributed by atoms with Crippen LogP contribution in [0.4, 0.5) is 0 Å². The van der Waals surface area contributed by atoms with Gasteiger partial charge in [0.1, 0.15) is 0 Å². The molecule has 15 heteroatoms. The maximum Gasteiger partial charge on any atom is 0.313 e. The Bertz CT molecular complexity index is 2740. The van der Waals surface area contributed by atoms with Gasteiger partial charge in [-0.3, -0.25) is 24.0 Å². The van der Waals surface area contributed by atoms with E-state index in [0.29, 0.717) is 16.2 Å². The number of rotatable bonds is 25. The Labute approximate surface area is 683 Å². The van der Waals surface area contributed by atoms with Crippen LogP contribution < -0.4 is 0 Å². The summed E-state index contributed by atoms with van der Waals surface area (Å²) in [5, 5.41) is 0. The zero-order chi connectivity index (χ0) is 75.8. The van der Waals surface area contributed by atoms with E-state index in [1.54, 1.807) is 0 Å². The van der Waals surface area contributed by atoms with Crippen LogP contribution in [0.2, 0.25) is 0 Å². The molecule has 10 rings (SSSR count). The van der Waals surface area contributed by atoms with Gasteiger partial charge in [0.05, 0.1) is 59.1 Å². The highest BCUT2D eigenvalue weighted by atomic mass is 16.7. The van der Waals surface area contributed by atoms with Crippen molar-refractivity contribution in [2.45, 2.75) is 460 Å². The third-order valence-electron chi connectivity index (χ3n) is 31.1. The van der Waals surface area contributed by atoms with E-state index in [2.05, 4.69) is 104 Å². The van der Waals surface area contributed by atoms with E-state index in [1.807, 2.05) is 104 Å². The maximum atomic E-state index is 12.2. The van der Waals surface area contributed by atoms with Crippen LogP contribution in [0.15, 0.2) is 0 Å². The third kappa shape index (κ3) is 23.5. The zero-order valence-corrected chi connectivity index (χ0v) is 69.4. The molecule has 15 nitrogen and oxygen atoms in total. The lowest BCUT2D eigenvalue weighted by Gasteiger charge is -2.43. The van der Waals surface area contributed by atoms with E-state index in [9.17, 15) is 24.0 Å². The fourth-order valence-corrected chi connectivity index (χ4v) is 20.3. The molecule has 0 spiro atoms. The molecule has 0 saturated heterocycles. The molecule has 0 aromatic rings. The van der Waals surface area contributed by atoms with E-state index >= 15 is 0 Å². The van der Waals surface area contributed by atoms with Gasteiger partial charge >= 0.3 is 29.8 Å². The fourth-order valence-electron chi connectivity index (χ4n) is 20.3. The lowest BCUT2D eigenvalue weighted by Crippen LogP contribution is -2.45. The number of hydrogen-bond acceptors (Lipinski definition) is 15. The second kappa shape index (κ2) is 43.6. The first kappa shape index (κ1) is 116. The molecule has 10 aliphatic carbocycles. The van der Waals surface area contributed by atoms with Crippen molar-refractivity contribution in [2.75, 3.05) is 13.6 Å². The molecular weight excluding hydrogens is 1380 g/mol. The van der Waals surface area contributed by atoms with Gasteiger partial charge in [-0.15, -0.1) is 0 Å². The lowest BCUT2D eigenvalue weighted by molar-refractivity contribution is -0.219. The van der Waals surface area contributed by atoms with E-state index in [4.69, 9.17) is 47.4 Å². The average molecular weight is 1570 g/mol. The van der Waals surface area contributed by atoms with Crippen LogP contribution >= 0.6 is 0 Å². The van der Waals surface area contributed by atoms with Gasteiger partial charge in [0.15, 0.2) is 32.5 Å². The van der Waals surface area contributed by atoms with Gasteiger partial charge in [-0.05, 0) is 261 Å². The monoisotopic (exact) mass is 1570 g/mol. The summed E-state index contributed by atoms with van der Waals surface area (Å²) in [6, 6.07) is 0. The third-order valence-corrected chi connectivity index (χ3v) is 31.1. The molecule has 0 aromatic heterocycles. The number of fused-ring (bicyclic) bond motifs is 10. The van der Waals surface area contributed by atoms with Crippen LogP contribution in [0.5, 0.6) is 0 Å². The molecule has 0 amide bonds. The van der Waals surface area contributed by atoms with Gasteiger partial charge in [-0.25, -0.2) is 0 Å². The molecule has 0 aromatic carbocycles. The summed E-state index contributed by atoms with van der Waals surface area (Å²) in [7, 11) is 0. The molecule has 10 saturated carbocycles. The first-order valence-electron chi connectivity index (χ1n) is 40.1. The zero-order valence-electron chi connectivity index (χ0n) is 69.4.